The van der Waals surface area contributed by atoms with Crippen LogP contribution < -0.4 is 15.8 Å². The summed E-state index contributed by atoms with van der Waals surface area (Å²) in [7, 11) is 6.50. The van der Waals surface area contributed by atoms with Gasteiger partial charge in [-0.15, -0.1) is 0 Å². The van der Waals surface area contributed by atoms with E-state index < -0.39 is 0 Å². The molecule has 2 atom stereocenters. The maximum absolute atomic E-state index is 6.02. The van der Waals surface area contributed by atoms with Crippen molar-refractivity contribution >= 4 is 5.70 Å². The van der Waals surface area contributed by atoms with Crippen LogP contribution in [0.2, 0.25) is 0 Å². The summed E-state index contributed by atoms with van der Waals surface area (Å²) in [6.07, 6.45) is 14.5. The highest BCUT2D eigenvalue weighted by Crippen LogP contribution is 2.28. The van der Waals surface area contributed by atoms with Crippen LogP contribution in [0.1, 0.15) is 72.8 Å². The van der Waals surface area contributed by atoms with Gasteiger partial charge in [0, 0.05) is 29.9 Å². The number of allylic oxidation sites excluding steroid dienone is 2. The van der Waals surface area contributed by atoms with E-state index in [1.165, 1.54) is 44.9 Å². The minimum absolute atomic E-state index is 0. The van der Waals surface area contributed by atoms with Crippen molar-refractivity contribution in [2.45, 2.75) is 65.7 Å². The van der Waals surface area contributed by atoms with E-state index in [2.05, 4.69) is 33.3 Å². The quantitative estimate of drug-likeness (QED) is 0.317. The van der Waals surface area contributed by atoms with Crippen LogP contribution in [-0.2, 0) is 9.47 Å². The van der Waals surface area contributed by atoms with Crippen LogP contribution in [0.25, 0.3) is 5.70 Å². The van der Waals surface area contributed by atoms with E-state index in [-0.39, 0.29) is 1.43 Å². The van der Waals surface area contributed by atoms with Crippen molar-refractivity contribution in [1.29, 1.82) is 0 Å². The van der Waals surface area contributed by atoms with E-state index in [4.69, 9.17) is 10.5 Å². The van der Waals surface area contributed by atoms with Crippen molar-refractivity contribution in [3.63, 3.8) is 0 Å². The van der Waals surface area contributed by atoms with Gasteiger partial charge in [0.2, 0.25) is 0 Å². The minimum atomic E-state index is 0. The molecule has 1 aliphatic carbocycles. The van der Waals surface area contributed by atoms with Gasteiger partial charge in [0.15, 0.2) is 0 Å². The lowest BCUT2D eigenvalue weighted by atomic mass is 9.84. The Morgan fingerprint density at radius 3 is 2.21 bits per heavy atom. The van der Waals surface area contributed by atoms with Crippen LogP contribution in [0.4, 0.5) is 0 Å². The lowest BCUT2D eigenvalue weighted by molar-refractivity contribution is 0.202. The number of hydrogen-bond acceptors (Lipinski definition) is 6. The Morgan fingerprint density at radius 2 is 1.68 bits per heavy atom. The summed E-state index contributed by atoms with van der Waals surface area (Å²) < 4.78 is 14.5. The number of nitrogens with zero attached hydrogens (tertiary/aromatic N) is 1. The van der Waals surface area contributed by atoms with Gasteiger partial charge >= 0.3 is 0 Å². The lowest BCUT2D eigenvalue weighted by Gasteiger charge is -2.25. The summed E-state index contributed by atoms with van der Waals surface area (Å²) in [5.41, 5.74) is 7.29. The molecule has 2 rings (SSSR count). The molecule has 1 aromatic rings. The fraction of sp³-hybridized carbons (Fsp3) is 0.679. The number of pyridine rings is 1. The highest BCUT2D eigenvalue weighted by molar-refractivity contribution is 5.60. The van der Waals surface area contributed by atoms with Crippen LogP contribution in [0.15, 0.2) is 37.1 Å². The third-order valence-electron chi connectivity index (χ3n) is 5.25. The zero-order chi connectivity index (χ0) is 26.0. The van der Waals surface area contributed by atoms with Gasteiger partial charge in [0.25, 0.3) is 0 Å². The number of ether oxygens (including phenoxy) is 3. The molecule has 0 aliphatic heterocycles. The Balaban J connectivity index is -0.00000101. The molecule has 0 amide bonds. The van der Waals surface area contributed by atoms with Crippen LogP contribution in [-0.4, -0.2) is 53.1 Å². The second kappa shape index (κ2) is 25.7. The number of aromatic nitrogens is 1. The molecule has 0 aromatic carbocycles. The molecule has 3 N–H and O–H groups in total. The second-order valence-corrected chi connectivity index (χ2v) is 8.10. The first kappa shape index (κ1) is 34.3. The first-order chi connectivity index (χ1) is 16.6. The third kappa shape index (κ3) is 18.5. The molecule has 1 aliphatic rings. The zero-order valence-electron chi connectivity index (χ0n) is 23.1. The molecule has 1 aromatic heterocycles. The summed E-state index contributed by atoms with van der Waals surface area (Å²) in [6, 6.07) is 3.85. The van der Waals surface area contributed by atoms with Gasteiger partial charge in [-0.3, -0.25) is 4.98 Å². The predicted octanol–water partition coefficient (Wildman–Crippen LogP) is 6.33. The topological polar surface area (TPSA) is 78.6 Å². The summed E-state index contributed by atoms with van der Waals surface area (Å²) in [4.78, 5) is 4.38. The average Bonchev–Trinajstić information content (AvgIpc) is 2.83. The van der Waals surface area contributed by atoms with Gasteiger partial charge in [-0.1, -0.05) is 59.1 Å². The van der Waals surface area contributed by atoms with E-state index in [1.54, 1.807) is 46.8 Å². The summed E-state index contributed by atoms with van der Waals surface area (Å²) in [5.74, 6) is 2.35. The van der Waals surface area contributed by atoms with Crippen LogP contribution >= 0.6 is 0 Å². The molecule has 6 heteroatoms. The predicted molar refractivity (Wildman–Crippen MR) is 149 cm³/mol. The van der Waals surface area contributed by atoms with Gasteiger partial charge < -0.3 is 25.3 Å². The molecule has 0 spiro atoms. The molecule has 1 heterocycles. The van der Waals surface area contributed by atoms with Crippen molar-refractivity contribution < 1.29 is 15.6 Å². The summed E-state index contributed by atoms with van der Waals surface area (Å²) >= 11 is 0. The van der Waals surface area contributed by atoms with Crippen molar-refractivity contribution in [2.24, 2.45) is 17.6 Å². The Hall–Kier alpha value is -1.89. The van der Waals surface area contributed by atoms with Gasteiger partial charge in [-0.25, -0.2) is 0 Å². The molecule has 1 fully saturated rings. The van der Waals surface area contributed by atoms with Crippen molar-refractivity contribution in [3.8, 4) is 5.75 Å². The molecule has 34 heavy (non-hydrogen) atoms. The first-order valence-corrected chi connectivity index (χ1v) is 12.7. The zero-order valence-corrected chi connectivity index (χ0v) is 23.1. The van der Waals surface area contributed by atoms with Gasteiger partial charge in [-0.05, 0) is 62.4 Å². The van der Waals surface area contributed by atoms with E-state index in [9.17, 15) is 0 Å². The SMILES string of the molecule is C=C/C=C(\N)c1ccc(OC[C@@H]2CCCCC(CCNCC)CC2)cn1.CC.COC.COC.[HH]. The van der Waals surface area contributed by atoms with Gasteiger partial charge in [0.05, 0.1) is 24.2 Å². The highest BCUT2D eigenvalue weighted by Gasteiger charge is 2.18. The molecule has 0 bridgehead atoms. The van der Waals surface area contributed by atoms with E-state index in [0.717, 1.165) is 37.1 Å². The third-order valence-corrected chi connectivity index (χ3v) is 5.25. The molecular weight excluding hydrogens is 426 g/mol. The first-order valence-electron chi connectivity index (χ1n) is 12.7. The molecule has 0 saturated heterocycles. The molecule has 6 nitrogen and oxygen atoms in total. The number of rotatable bonds is 9. The van der Waals surface area contributed by atoms with E-state index in [1.807, 2.05) is 26.0 Å². The molecule has 0 radical (unpaired) electrons. The number of nitrogens with two attached hydrogens (primary N) is 1. The van der Waals surface area contributed by atoms with Crippen molar-refractivity contribution in [2.75, 3.05) is 48.1 Å². The van der Waals surface area contributed by atoms with E-state index in [0.29, 0.717) is 11.6 Å². The molecule has 1 saturated carbocycles. The van der Waals surface area contributed by atoms with Crippen molar-refractivity contribution in [3.05, 3.63) is 42.8 Å². The standard InChI is InChI=1S/C22H35N3O.2C2H6O.C2H6.H2/c1-3-7-21(23)22-13-12-20(16-25-22)26-17-19-9-6-5-8-18(10-11-19)14-15-24-4-2;2*1-3-2;1-2;/h3,7,12-13,16,18-19,24H,1,4-6,8-11,14-15,17,23H2,2H3;2*1-2H3;1-2H3;1H/b21-7-;;;;/t18?,19-;;;;/m1..../s1. The lowest BCUT2D eigenvalue weighted by Crippen LogP contribution is -2.20. The Labute approximate surface area is 211 Å². The maximum Gasteiger partial charge on any atom is 0.137 e. The number of hydrogen-bond donors (Lipinski definition) is 2. The van der Waals surface area contributed by atoms with Crippen LogP contribution in [0, 0.1) is 11.8 Å². The van der Waals surface area contributed by atoms with Gasteiger partial charge in [-0.2, -0.15) is 0 Å². The Kier molecular flexibility index (Phi) is 25.9. The fourth-order valence-electron chi connectivity index (χ4n) is 3.63. The summed E-state index contributed by atoms with van der Waals surface area (Å²) in [6.45, 7) is 12.9. The van der Waals surface area contributed by atoms with Crippen LogP contribution in [0.3, 0.4) is 0 Å². The second-order valence-electron chi connectivity index (χ2n) is 8.10. The molecule has 200 valence electrons. The van der Waals surface area contributed by atoms with Crippen LogP contribution in [0.5, 0.6) is 5.75 Å². The van der Waals surface area contributed by atoms with Gasteiger partial charge in [0.1, 0.15) is 5.75 Å². The maximum atomic E-state index is 6.02. The Morgan fingerprint density at radius 1 is 1.09 bits per heavy atom. The smallest absolute Gasteiger partial charge is 0.137 e. The minimum Gasteiger partial charge on any atom is -0.492 e. The fourth-order valence-corrected chi connectivity index (χ4v) is 3.63. The normalized spacial score (nSPS) is 17.8. The monoisotopic (exact) mass is 481 g/mol. The number of nitrogens with one attached hydrogen (secondary N) is 1. The molecule has 1 unspecified atom stereocenters. The van der Waals surface area contributed by atoms with E-state index >= 15 is 0 Å². The number of methoxy groups -OCH3 is 2. The average molecular weight is 482 g/mol. The van der Waals surface area contributed by atoms with Crippen molar-refractivity contribution in [1.82, 2.24) is 10.3 Å². The molecular formula is C28H55N3O3. The largest absolute Gasteiger partial charge is 0.492 e. The highest BCUT2D eigenvalue weighted by atomic mass is 16.5. The Bertz CT molecular complexity index is 596. The summed E-state index contributed by atoms with van der Waals surface area (Å²) in [5, 5.41) is 3.46.